The first-order valence-corrected chi connectivity index (χ1v) is 5.78. The van der Waals surface area contributed by atoms with Gasteiger partial charge in [-0.1, -0.05) is 19.4 Å². The van der Waals surface area contributed by atoms with Crippen LogP contribution in [0.25, 0.3) is 0 Å². The third-order valence-corrected chi connectivity index (χ3v) is 3.07. The highest BCUT2D eigenvalue weighted by Gasteiger charge is 2.03. The summed E-state index contributed by atoms with van der Waals surface area (Å²) < 4.78 is 13.3. The van der Waals surface area contributed by atoms with E-state index in [1.54, 1.807) is 12.1 Å². The lowest BCUT2D eigenvalue weighted by Crippen LogP contribution is -1.88. The van der Waals surface area contributed by atoms with Gasteiger partial charge in [0.05, 0.1) is 6.61 Å². The summed E-state index contributed by atoms with van der Waals surface area (Å²) in [6.45, 7) is 2.02. The molecule has 3 heteroatoms. The fourth-order valence-corrected chi connectivity index (χ4v) is 2.10. The van der Waals surface area contributed by atoms with Crippen molar-refractivity contribution < 1.29 is 9.50 Å². The van der Waals surface area contributed by atoms with Crippen molar-refractivity contribution in [2.75, 3.05) is 5.75 Å². The summed E-state index contributed by atoms with van der Waals surface area (Å²) in [5.41, 5.74) is 0.627. The molecule has 0 heterocycles. The molecule has 0 aromatic heterocycles. The van der Waals surface area contributed by atoms with E-state index in [0.717, 1.165) is 18.6 Å². The van der Waals surface area contributed by atoms with Crippen LogP contribution in [-0.4, -0.2) is 10.9 Å². The van der Waals surface area contributed by atoms with E-state index in [1.807, 2.05) is 0 Å². The molecule has 0 bridgehead atoms. The van der Waals surface area contributed by atoms with Crippen LogP contribution in [0.1, 0.15) is 25.3 Å². The van der Waals surface area contributed by atoms with Crippen molar-refractivity contribution in [3.63, 3.8) is 0 Å². The minimum Gasteiger partial charge on any atom is -0.392 e. The highest BCUT2D eigenvalue weighted by Crippen LogP contribution is 2.23. The second kappa shape index (κ2) is 6.04. The van der Waals surface area contributed by atoms with Crippen molar-refractivity contribution in [2.24, 2.45) is 0 Å². The molecule has 78 valence electrons. The Hall–Kier alpha value is -0.540. The van der Waals surface area contributed by atoms with E-state index in [4.69, 9.17) is 5.11 Å². The minimum absolute atomic E-state index is 0.100. The number of aliphatic hydroxyl groups excluding tert-OH is 1. The molecule has 0 saturated heterocycles. The van der Waals surface area contributed by atoms with Crippen molar-refractivity contribution in [3.8, 4) is 0 Å². The third-order valence-electron chi connectivity index (χ3n) is 1.93. The van der Waals surface area contributed by atoms with Crippen LogP contribution in [0.4, 0.5) is 4.39 Å². The van der Waals surface area contributed by atoms with Crippen LogP contribution < -0.4 is 0 Å². The van der Waals surface area contributed by atoms with Gasteiger partial charge in [-0.05, 0) is 29.9 Å². The molecule has 14 heavy (non-hydrogen) atoms. The van der Waals surface area contributed by atoms with Gasteiger partial charge < -0.3 is 5.11 Å². The molecule has 0 fully saturated rings. The van der Waals surface area contributed by atoms with E-state index >= 15 is 0 Å². The Labute approximate surface area is 88.3 Å². The normalized spacial score (nSPS) is 10.5. The maximum absolute atomic E-state index is 13.3. The average molecular weight is 214 g/mol. The summed E-state index contributed by atoms with van der Waals surface area (Å²) in [5, 5.41) is 8.79. The summed E-state index contributed by atoms with van der Waals surface area (Å²) in [4.78, 5) is 0.677. The van der Waals surface area contributed by atoms with Gasteiger partial charge in [-0.25, -0.2) is 4.39 Å². The van der Waals surface area contributed by atoms with Crippen molar-refractivity contribution in [1.82, 2.24) is 0 Å². The van der Waals surface area contributed by atoms with E-state index in [-0.39, 0.29) is 12.4 Å². The summed E-state index contributed by atoms with van der Waals surface area (Å²) in [7, 11) is 0. The van der Waals surface area contributed by atoms with Crippen LogP contribution in [0.2, 0.25) is 0 Å². The van der Waals surface area contributed by atoms with Crippen LogP contribution in [-0.2, 0) is 6.61 Å². The number of thioether (sulfide) groups is 1. The van der Waals surface area contributed by atoms with Crippen molar-refractivity contribution >= 4 is 11.8 Å². The van der Waals surface area contributed by atoms with Crippen molar-refractivity contribution in [3.05, 3.63) is 29.6 Å². The summed E-state index contributed by atoms with van der Waals surface area (Å²) in [6, 6.07) is 4.90. The Morgan fingerprint density at radius 3 is 2.79 bits per heavy atom. The highest BCUT2D eigenvalue weighted by atomic mass is 32.2. The molecule has 0 amide bonds. The zero-order valence-electron chi connectivity index (χ0n) is 8.29. The molecular formula is C11H15FOS. The molecule has 1 aromatic rings. The highest BCUT2D eigenvalue weighted by molar-refractivity contribution is 7.99. The van der Waals surface area contributed by atoms with E-state index < -0.39 is 0 Å². The quantitative estimate of drug-likeness (QED) is 0.600. The lowest BCUT2D eigenvalue weighted by atomic mass is 10.2. The lowest BCUT2D eigenvalue weighted by molar-refractivity contribution is 0.281. The van der Waals surface area contributed by atoms with Gasteiger partial charge in [-0.2, -0.15) is 0 Å². The Bertz CT molecular complexity index is 289. The molecule has 0 saturated carbocycles. The van der Waals surface area contributed by atoms with Crippen LogP contribution in [0.15, 0.2) is 23.1 Å². The number of rotatable bonds is 5. The number of halogens is 1. The van der Waals surface area contributed by atoms with Crippen LogP contribution in [0.5, 0.6) is 0 Å². The number of aliphatic hydroxyl groups is 1. The van der Waals surface area contributed by atoms with Gasteiger partial charge in [-0.3, -0.25) is 0 Å². The predicted octanol–water partition coefficient (Wildman–Crippen LogP) is 3.21. The molecule has 0 atom stereocenters. The summed E-state index contributed by atoms with van der Waals surface area (Å²) in [6.07, 6.45) is 2.23. The molecule has 0 aliphatic rings. The van der Waals surface area contributed by atoms with Gasteiger partial charge in [0.15, 0.2) is 0 Å². The number of benzene rings is 1. The first-order valence-electron chi connectivity index (χ1n) is 4.80. The van der Waals surface area contributed by atoms with E-state index in [0.29, 0.717) is 10.5 Å². The maximum Gasteiger partial charge on any atom is 0.137 e. The fourth-order valence-electron chi connectivity index (χ4n) is 1.09. The minimum atomic E-state index is -0.224. The second-order valence-electron chi connectivity index (χ2n) is 3.12. The molecular weight excluding hydrogens is 199 g/mol. The van der Waals surface area contributed by atoms with Gasteiger partial charge in [-0.15, -0.1) is 11.8 Å². The monoisotopic (exact) mass is 214 g/mol. The fraction of sp³-hybridized carbons (Fsp3) is 0.455. The van der Waals surface area contributed by atoms with Crippen molar-refractivity contribution in [1.29, 1.82) is 0 Å². The molecule has 0 radical (unpaired) electrons. The number of hydrogen-bond donors (Lipinski definition) is 1. The third kappa shape index (κ3) is 3.31. The maximum atomic E-state index is 13.3. The predicted molar refractivity (Wildman–Crippen MR) is 58.0 cm³/mol. The molecule has 1 aromatic carbocycles. The molecule has 1 N–H and O–H groups in total. The molecule has 0 aliphatic carbocycles. The first kappa shape index (κ1) is 11.5. The van der Waals surface area contributed by atoms with Crippen LogP contribution in [0.3, 0.4) is 0 Å². The van der Waals surface area contributed by atoms with Gasteiger partial charge >= 0.3 is 0 Å². The van der Waals surface area contributed by atoms with Gasteiger partial charge in [0, 0.05) is 4.90 Å². The first-order chi connectivity index (χ1) is 6.77. The lowest BCUT2D eigenvalue weighted by Gasteiger charge is -2.03. The van der Waals surface area contributed by atoms with E-state index in [1.165, 1.54) is 17.8 Å². The Morgan fingerprint density at radius 2 is 2.21 bits per heavy atom. The average Bonchev–Trinajstić information content (AvgIpc) is 2.20. The Kier molecular flexibility index (Phi) is 4.98. The number of unbranched alkanes of at least 4 members (excludes halogenated alkanes) is 1. The number of hydrogen-bond acceptors (Lipinski definition) is 2. The largest absolute Gasteiger partial charge is 0.392 e. The van der Waals surface area contributed by atoms with E-state index in [9.17, 15) is 4.39 Å². The Balaban J connectivity index is 2.59. The zero-order valence-corrected chi connectivity index (χ0v) is 9.11. The van der Waals surface area contributed by atoms with Gasteiger partial charge in [0.25, 0.3) is 0 Å². The van der Waals surface area contributed by atoms with Crippen molar-refractivity contribution in [2.45, 2.75) is 31.3 Å². The van der Waals surface area contributed by atoms with Crippen LogP contribution in [0, 0.1) is 5.82 Å². The molecule has 0 unspecified atom stereocenters. The van der Waals surface area contributed by atoms with Crippen LogP contribution >= 0.6 is 11.8 Å². The Morgan fingerprint density at radius 1 is 1.43 bits per heavy atom. The van der Waals surface area contributed by atoms with E-state index in [2.05, 4.69) is 6.92 Å². The summed E-state index contributed by atoms with van der Waals surface area (Å²) >= 11 is 1.53. The topological polar surface area (TPSA) is 20.2 Å². The summed E-state index contributed by atoms with van der Waals surface area (Å²) in [5.74, 6) is 0.726. The smallest absolute Gasteiger partial charge is 0.137 e. The molecule has 0 aliphatic heterocycles. The molecule has 1 rings (SSSR count). The zero-order chi connectivity index (χ0) is 10.4. The van der Waals surface area contributed by atoms with Gasteiger partial charge in [0.1, 0.15) is 5.82 Å². The SMILES string of the molecule is CCCCSc1ccc(CO)cc1F. The van der Waals surface area contributed by atoms with Gasteiger partial charge in [0.2, 0.25) is 0 Å². The molecule has 1 nitrogen and oxygen atoms in total. The molecule has 0 spiro atoms. The standard InChI is InChI=1S/C11H15FOS/c1-2-3-6-14-11-5-4-9(8-13)7-10(11)12/h4-5,7,13H,2-3,6,8H2,1H3. The second-order valence-corrected chi connectivity index (χ2v) is 4.26.